The first-order chi connectivity index (χ1) is 6.29. The largest absolute Gasteiger partial charge is 0.507 e. The molecule has 0 amide bonds. The number of rotatable bonds is 3. The maximum atomic E-state index is 9.56. The predicted octanol–water partition coefficient (Wildman–Crippen LogP) is 3.37. The number of benzene rings is 1. The lowest BCUT2D eigenvalue weighted by atomic mass is 10.0. The summed E-state index contributed by atoms with van der Waals surface area (Å²) in [4.78, 5) is 0. The molecule has 0 aliphatic rings. The lowest BCUT2D eigenvalue weighted by Gasteiger charge is -2.06. The van der Waals surface area contributed by atoms with E-state index in [9.17, 15) is 5.11 Å². The second-order valence-corrected chi connectivity index (χ2v) is 2.82. The van der Waals surface area contributed by atoms with E-state index < -0.39 is 0 Å². The lowest BCUT2D eigenvalue weighted by molar-refractivity contribution is 0.473. The van der Waals surface area contributed by atoms with E-state index >= 15 is 0 Å². The van der Waals surface area contributed by atoms with E-state index in [1.807, 2.05) is 37.3 Å². The summed E-state index contributed by atoms with van der Waals surface area (Å²) in [6.07, 6.45) is 4.62. The van der Waals surface area contributed by atoms with Crippen LogP contribution in [-0.4, -0.2) is 5.11 Å². The van der Waals surface area contributed by atoms with Crippen molar-refractivity contribution in [3.8, 4) is 5.75 Å². The van der Waals surface area contributed by atoms with Crippen molar-refractivity contribution in [2.45, 2.75) is 13.3 Å². The summed E-state index contributed by atoms with van der Waals surface area (Å²) in [5, 5.41) is 9.56. The van der Waals surface area contributed by atoms with Gasteiger partial charge in [0, 0.05) is 5.56 Å². The molecular weight excluding hydrogens is 160 g/mol. The minimum atomic E-state index is 0.331. The molecule has 0 bridgehead atoms. The first-order valence-electron chi connectivity index (χ1n) is 4.34. The highest BCUT2D eigenvalue weighted by atomic mass is 16.3. The Morgan fingerprint density at radius 2 is 2.15 bits per heavy atom. The van der Waals surface area contributed by atoms with Crippen LogP contribution in [-0.2, 0) is 0 Å². The van der Waals surface area contributed by atoms with Crippen LogP contribution in [0, 0.1) is 0 Å². The van der Waals surface area contributed by atoms with Crippen molar-refractivity contribution in [3.63, 3.8) is 0 Å². The fourth-order valence-corrected chi connectivity index (χ4v) is 1.28. The van der Waals surface area contributed by atoms with E-state index in [1.54, 1.807) is 6.07 Å². The molecule has 0 aliphatic heterocycles. The van der Waals surface area contributed by atoms with Gasteiger partial charge in [0.15, 0.2) is 0 Å². The summed E-state index contributed by atoms with van der Waals surface area (Å²) >= 11 is 0. The molecule has 0 aliphatic carbocycles. The van der Waals surface area contributed by atoms with Gasteiger partial charge >= 0.3 is 0 Å². The molecule has 0 spiro atoms. The lowest BCUT2D eigenvalue weighted by Crippen LogP contribution is -1.83. The summed E-state index contributed by atoms with van der Waals surface area (Å²) < 4.78 is 0. The Kier molecular flexibility index (Phi) is 3.32. The predicted molar refractivity (Wildman–Crippen MR) is 56.6 cm³/mol. The zero-order valence-electron chi connectivity index (χ0n) is 7.83. The molecule has 1 rings (SSSR count). The SMILES string of the molecule is C=CC/C(=C/C)c1ccccc1O. The molecule has 1 heteroatoms. The number of allylic oxidation sites excluding steroid dienone is 3. The molecule has 0 fully saturated rings. The minimum absolute atomic E-state index is 0.331. The van der Waals surface area contributed by atoms with Crippen LogP contribution >= 0.6 is 0 Å². The second-order valence-electron chi connectivity index (χ2n) is 2.82. The fourth-order valence-electron chi connectivity index (χ4n) is 1.28. The van der Waals surface area contributed by atoms with E-state index in [0.717, 1.165) is 17.6 Å². The van der Waals surface area contributed by atoms with E-state index in [2.05, 4.69) is 6.58 Å². The molecule has 1 aromatic rings. The van der Waals surface area contributed by atoms with Gasteiger partial charge in [0.25, 0.3) is 0 Å². The number of phenols is 1. The normalized spacial score (nSPS) is 11.3. The molecule has 0 saturated heterocycles. The maximum absolute atomic E-state index is 9.56. The van der Waals surface area contributed by atoms with Crippen molar-refractivity contribution in [1.29, 1.82) is 0 Å². The zero-order chi connectivity index (χ0) is 9.68. The molecule has 13 heavy (non-hydrogen) atoms. The molecule has 1 N–H and O–H groups in total. The molecule has 0 atom stereocenters. The van der Waals surface area contributed by atoms with Crippen molar-refractivity contribution in [2.24, 2.45) is 0 Å². The molecular formula is C12H14O. The number of hydrogen-bond donors (Lipinski definition) is 1. The molecule has 0 heterocycles. The van der Waals surface area contributed by atoms with Crippen molar-refractivity contribution >= 4 is 5.57 Å². The van der Waals surface area contributed by atoms with Crippen LogP contribution in [0.1, 0.15) is 18.9 Å². The average Bonchev–Trinajstić information content (AvgIpc) is 2.16. The van der Waals surface area contributed by atoms with E-state index in [1.165, 1.54) is 0 Å². The standard InChI is InChI=1S/C12H14O/c1-3-7-10(4-2)11-8-5-6-9-12(11)13/h3-6,8-9,13H,1,7H2,2H3/b10-4-. The molecule has 0 radical (unpaired) electrons. The molecule has 0 unspecified atom stereocenters. The Hall–Kier alpha value is -1.50. The quantitative estimate of drug-likeness (QED) is 0.696. The van der Waals surface area contributed by atoms with Gasteiger partial charge in [-0.1, -0.05) is 30.4 Å². The Morgan fingerprint density at radius 1 is 1.46 bits per heavy atom. The third-order valence-corrected chi connectivity index (χ3v) is 1.96. The van der Waals surface area contributed by atoms with Crippen LogP contribution in [0.4, 0.5) is 0 Å². The van der Waals surface area contributed by atoms with Crippen LogP contribution in [0.3, 0.4) is 0 Å². The number of para-hydroxylation sites is 1. The van der Waals surface area contributed by atoms with Crippen LogP contribution in [0.5, 0.6) is 5.75 Å². The van der Waals surface area contributed by atoms with Gasteiger partial charge in [0.2, 0.25) is 0 Å². The number of hydrogen-bond acceptors (Lipinski definition) is 1. The Morgan fingerprint density at radius 3 is 2.69 bits per heavy atom. The minimum Gasteiger partial charge on any atom is -0.507 e. The van der Waals surface area contributed by atoms with Crippen LogP contribution in [0.2, 0.25) is 0 Å². The van der Waals surface area contributed by atoms with Gasteiger partial charge in [-0.05, 0) is 25.0 Å². The van der Waals surface area contributed by atoms with Crippen molar-refractivity contribution in [1.82, 2.24) is 0 Å². The van der Waals surface area contributed by atoms with Crippen molar-refractivity contribution in [3.05, 3.63) is 48.6 Å². The fraction of sp³-hybridized carbons (Fsp3) is 0.167. The number of phenolic OH excluding ortho intramolecular Hbond substituents is 1. The first-order valence-corrected chi connectivity index (χ1v) is 4.34. The first kappa shape index (κ1) is 9.59. The molecule has 1 aromatic carbocycles. The zero-order valence-corrected chi connectivity index (χ0v) is 7.83. The van der Waals surface area contributed by atoms with Crippen LogP contribution in [0.25, 0.3) is 5.57 Å². The molecule has 68 valence electrons. The van der Waals surface area contributed by atoms with Crippen LogP contribution in [0.15, 0.2) is 43.0 Å². The molecule has 1 nitrogen and oxygen atoms in total. The maximum Gasteiger partial charge on any atom is 0.123 e. The summed E-state index contributed by atoms with van der Waals surface area (Å²) in [5.74, 6) is 0.331. The summed E-state index contributed by atoms with van der Waals surface area (Å²) in [6.45, 7) is 5.64. The number of aromatic hydroxyl groups is 1. The topological polar surface area (TPSA) is 20.2 Å². The highest BCUT2D eigenvalue weighted by Gasteiger charge is 2.02. The molecule has 0 aromatic heterocycles. The summed E-state index contributed by atoms with van der Waals surface area (Å²) in [6, 6.07) is 7.34. The second kappa shape index (κ2) is 4.51. The van der Waals surface area contributed by atoms with Crippen molar-refractivity contribution in [2.75, 3.05) is 0 Å². The summed E-state index contributed by atoms with van der Waals surface area (Å²) in [7, 11) is 0. The van der Waals surface area contributed by atoms with Gasteiger partial charge in [-0.15, -0.1) is 6.58 Å². The monoisotopic (exact) mass is 174 g/mol. The van der Waals surface area contributed by atoms with Gasteiger partial charge in [0.05, 0.1) is 0 Å². The smallest absolute Gasteiger partial charge is 0.123 e. The third kappa shape index (κ3) is 2.22. The van der Waals surface area contributed by atoms with Gasteiger partial charge in [-0.25, -0.2) is 0 Å². The molecule has 0 saturated carbocycles. The van der Waals surface area contributed by atoms with Gasteiger partial charge in [-0.2, -0.15) is 0 Å². The Bertz CT molecular complexity index is 324. The summed E-state index contributed by atoms with van der Waals surface area (Å²) in [5.41, 5.74) is 2.00. The average molecular weight is 174 g/mol. The van der Waals surface area contributed by atoms with Crippen LogP contribution < -0.4 is 0 Å². The van der Waals surface area contributed by atoms with E-state index in [0.29, 0.717) is 5.75 Å². The van der Waals surface area contributed by atoms with Gasteiger partial charge in [-0.3, -0.25) is 0 Å². The van der Waals surface area contributed by atoms with Crippen molar-refractivity contribution < 1.29 is 5.11 Å². The Balaban J connectivity index is 3.05. The highest BCUT2D eigenvalue weighted by Crippen LogP contribution is 2.26. The highest BCUT2D eigenvalue weighted by molar-refractivity contribution is 5.70. The van der Waals surface area contributed by atoms with E-state index in [4.69, 9.17) is 0 Å². The van der Waals surface area contributed by atoms with E-state index in [-0.39, 0.29) is 0 Å². The Labute approximate surface area is 79.0 Å². The van der Waals surface area contributed by atoms with Gasteiger partial charge in [0.1, 0.15) is 5.75 Å². The van der Waals surface area contributed by atoms with Gasteiger partial charge < -0.3 is 5.11 Å². The third-order valence-electron chi connectivity index (χ3n) is 1.96.